The number of carbonyl (C=O) groups is 1. The number of hydrogen-bond donors (Lipinski definition) is 1. The third kappa shape index (κ3) is 6.62. The summed E-state index contributed by atoms with van der Waals surface area (Å²) >= 11 is 0. The zero-order valence-electron chi connectivity index (χ0n) is 18.1. The van der Waals surface area contributed by atoms with Crippen LogP contribution in [0.25, 0.3) is 17.2 Å². The number of methoxy groups -OCH3 is 2. The van der Waals surface area contributed by atoms with Crippen molar-refractivity contribution in [2.24, 2.45) is 0 Å². The van der Waals surface area contributed by atoms with Gasteiger partial charge < -0.3 is 24.1 Å². The van der Waals surface area contributed by atoms with Gasteiger partial charge in [-0.05, 0) is 47.0 Å². The summed E-state index contributed by atoms with van der Waals surface area (Å²) < 4.78 is 21.3. The molecular weight excluding hydrogens is 408 g/mol. The van der Waals surface area contributed by atoms with Crippen LogP contribution in [0, 0.1) is 0 Å². The van der Waals surface area contributed by atoms with Crippen molar-refractivity contribution in [1.29, 1.82) is 0 Å². The second-order valence-electron chi connectivity index (χ2n) is 6.93. The van der Waals surface area contributed by atoms with E-state index in [1.165, 1.54) is 20.3 Å². The molecule has 0 spiro atoms. The van der Waals surface area contributed by atoms with E-state index in [4.69, 9.17) is 14.2 Å². The van der Waals surface area contributed by atoms with Crippen molar-refractivity contribution in [3.05, 3.63) is 84.4 Å². The molecule has 0 radical (unpaired) electrons. The Hall–Kier alpha value is -3.77. The van der Waals surface area contributed by atoms with Gasteiger partial charge in [0.2, 0.25) is 0 Å². The van der Waals surface area contributed by atoms with Gasteiger partial charge in [0.15, 0.2) is 11.5 Å². The number of ether oxygens (including phenoxy) is 4. The highest BCUT2D eigenvalue weighted by atomic mass is 16.5. The summed E-state index contributed by atoms with van der Waals surface area (Å²) in [4.78, 5) is 11.2. The molecule has 166 valence electrons. The maximum atomic E-state index is 11.2. The molecule has 6 heteroatoms. The summed E-state index contributed by atoms with van der Waals surface area (Å²) in [5.41, 5.74) is 2.98. The molecule has 0 aliphatic heterocycles. The molecule has 6 nitrogen and oxygen atoms in total. The standard InChI is InChI=1S/C26H26O6/c1-29-25-16-19(9-15-26(28)30-2)8-14-24(25)32-18-22(27)17-31-23-12-10-21(11-13-23)20-6-4-3-5-7-20/h3-16,22,27H,17-18H2,1-2H3. The summed E-state index contributed by atoms with van der Waals surface area (Å²) in [5.74, 6) is 1.20. The van der Waals surface area contributed by atoms with E-state index in [1.807, 2.05) is 54.6 Å². The smallest absolute Gasteiger partial charge is 0.330 e. The first-order valence-electron chi connectivity index (χ1n) is 10.1. The minimum Gasteiger partial charge on any atom is -0.493 e. The normalized spacial score (nSPS) is 11.7. The number of carbonyl (C=O) groups excluding carboxylic acids is 1. The zero-order valence-corrected chi connectivity index (χ0v) is 18.1. The molecule has 0 saturated heterocycles. The Labute approximate surface area is 187 Å². The van der Waals surface area contributed by atoms with Gasteiger partial charge in [-0.1, -0.05) is 48.5 Å². The lowest BCUT2D eigenvalue weighted by molar-refractivity contribution is -0.134. The fourth-order valence-corrected chi connectivity index (χ4v) is 2.94. The summed E-state index contributed by atoms with van der Waals surface area (Å²) in [6.07, 6.45) is 2.11. The van der Waals surface area contributed by atoms with Crippen molar-refractivity contribution in [3.63, 3.8) is 0 Å². The third-order valence-electron chi connectivity index (χ3n) is 4.64. The molecule has 0 amide bonds. The highest BCUT2D eigenvalue weighted by Gasteiger charge is 2.11. The van der Waals surface area contributed by atoms with Crippen molar-refractivity contribution in [1.82, 2.24) is 0 Å². The van der Waals surface area contributed by atoms with Gasteiger partial charge in [0.25, 0.3) is 0 Å². The summed E-state index contributed by atoms with van der Waals surface area (Å²) in [5, 5.41) is 10.2. The molecule has 32 heavy (non-hydrogen) atoms. The topological polar surface area (TPSA) is 74.2 Å². The Morgan fingerprint density at radius 2 is 1.56 bits per heavy atom. The van der Waals surface area contributed by atoms with Crippen LogP contribution in [-0.4, -0.2) is 44.6 Å². The average Bonchev–Trinajstić information content (AvgIpc) is 2.85. The quantitative estimate of drug-likeness (QED) is 0.377. The SMILES string of the molecule is COC(=O)C=Cc1ccc(OCC(O)COc2ccc(-c3ccccc3)cc2)c(OC)c1. The molecule has 1 unspecified atom stereocenters. The van der Waals surface area contributed by atoms with Crippen LogP contribution < -0.4 is 14.2 Å². The van der Waals surface area contributed by atoms with Gasteiger partial charge in [0.05, 0.1) is 14.2 Å². The van der Waals surface area contributed by atoms with Gasteiger partial charge in [-0.25, -0.2) is 4.79 Å². The van der Waals surface area contributed by atoms with E-state index in [1.54, 1.807) is 24.3 Å². The third-order valence-corrected chi connectivity index (χ3v) is 4.64. The fraction of sp³-hybridized carbons (Fsp3) is 0.192. The first-order chi connectivity index (χ1) is 15.6. The average molecular weight is 434 g/mol. The maximum Gasteiger partial charge on any atom is 0.330 e. The first kappa shape index (κ1) is 22.9. The largest absolute Gasteiger partial charge is 0.493 e. The van der Waals surface area contributed by atoms with Gasteiger partial charge in [-0.15, -0.1) is 0 Å². The second-order valence-corrected chi connectivity index (χ2v) is 6.93. The lowest BCUT2D eigenvalue weighted by Gasteiger charge is -2.16. The molecule has 0 bridgehead atoms. The number of rotatable bonds is 10. The monoisotopic (exact) mass is 434 g/mol. The summed E-state index contributed by atoms with van der Waals surface area (Å²) in [6, 6.07) is 23.0. The number of aliphatic hydroxyl groups is 1. The Kier molecular flexibility index (Phi) is 8.29. The van der Waals surface area contributed by atoms with E-state index in [-0.39, 0.29) is 13.2 Å². The Morgan fingerprint density at radius 3 is 2.25 bits per heavy atom. The molecule has 3 aromatic carbocycles. The van der Waals surface area contributed by atoms with E-state index in [2.05, 4.69) is 4.74 Å². The second kappa shape index (κ2) is 11.6. The Balaban J connectivity index is 1.50. The van der Waals surface area contributed by atoms with E-state index in [9.17, 15) is 9.90 Å². The number of esters is 1. The molecule has 0 fully saturated rings. The molecule has 3 aromatic rings. The van der Waals surface area contributed by atoms with Crippen molar-refractivity contribution < 1.29 is 28.8 Å². The van der Waals surface area contributed by atoms with E-state index in [0.29, 0.717) is 17.2 Å². The lowest BCUT2D eigenvalue weighted by atomic mass is 10.1. The highest BCUT2D eigenvalue weighted by Crippen LogP contribution is 2.29. The molecule has 3 rings (SSSR count). The number of aliphatic hydroxyl groups excluding tert-OH is 1. The summed E-state index contributed by atoms with van der Waals surface area (Å²) in [6.45, 7) is 0.128. The van der Waals surface area contributed by atoms with Gasteiger partial charge >= 0.3 is 5.97 Å². The van der Waals surface area contributed by atoms with Crippen molar-refractivity contribution in [2.75, 3.05) is 27.4 Å². The molecule has 0 saturated carbocycles. The van der Waals surface area contributed by atoms with Gasteiger partial charge in [-0.3, -0.25) is 0 Å². The molecule has 0 heterocycles. The Bertz CT molecular complexity index is 1030. The van der Waals surface area contributed by atoms with Crippen LogP contribution in [-0.2, 0) is 9.53 Å². The van der Waals surface area contributed by atoms with Gasteiger partial charge in [0, 0.05) is 6.08 Å². The van der Waals surface area contributed by atoms with Gasteiger partial charge in [0.1, 0.15) is 25.1 Å². The van der Waals surface area contributed by atoms with Crippen molar-refractivity contribution >= 4 is 12.0 Å². The molecule has 0 aliphatic carbocycles. The molecule has 0 aromatic heterocycles. The lowest BCUT2D eigenvalue weighted by Crippen LogP contribution is -2.25. The van der Waals surface area contributed by atoms with Gasteiger partial charge in [-0.2, -0.15) is 0 Å². The zero-order chi connectivity index (χ0) is 22.8. The minimum absolute atomic E-state index is 0.0375. The predicted octanol–water partition coefficient (Wildman–Crippen LogP) is 4.37. The van der Waals surface area contributed by atoms with E-state index in [0.717, 1.165) is 16.7 Å². The molecule has 1 atom stereocenters. The summed E-state index contributed by atoms with van der Waals surface area (Å²) in [7, 11) is 2.84. The Morgan fingerprint density at radius 1 is 0.875 bits per heavy atom. The van der Waals surface area contributed by atoms with Crippen LogP contribution in [0.4, 0.5) is 0 Å². The first-order valence-corrected chi connectivity index (χ1v) is 10.1. The maximum absolute atomic E-state index is 11.2. The van der Waals surface area contributed by atoms with Crippen LogP contribution in [0.1, 0.15) is 5.56 Å². The van der Waals surface area contributed by atoms with Crippen LogP contribution in [0.3, 0.4) is 0 Å². The molecule has 1 N–H and O–H groups in total. The molecular formula is C26H26O6. The van der Waals surface area contributed by atoms with Crippen molar-refractivity contribution in [3.8, 4) is 28.4 Å². The van der Waals surface area contributed by atoms with E-state index >= 15 is 0 Å². The van der Waals surface area contributed by atoms with Crippen LogP contribution in [0.5, 0.6) is 17.2 Å². The highest BCUT2D eigenvalue weighted by molar-refractivity contribution is 5.87. The van der Waals surface area contributed by atoms with Crippen LogP contribution in [0.2, 0.25) is 0 Å². The van der Waals surface area contributed by atoms with Crippen LogP contribution >= 0.6 is 0 Å². The van der Waals surface area contributed by atoms with Crippen LogP contribution in [0.15, 0.2) is 78.9 Å². The fourth-order valence-electron chi connectivity index (χ4n) is 2.94. The number of benzene rings is 3. The van der Waals surface area contributed by atoms with Crippen molar-refractivity contribution in [2.45, 2.75) is 6.10 Å². The number of hydrogen-bond acceptors (Lipinski definition) is 6. The predicted molar refractivity (Wildman–Crippen MR) is 123 cm³/mol. The van der Waals surface area contributed by atoms with E-state index < -0.39 is 12.1 Å². The minimum atomic E-state index is -0.826. The molecule has 0 aliphatic rings.